The molecule has 0 aromatic carbocycles. The Morgan fingerprint density at radius 2 is 1.96 bits per heavy atom. The molecule has 6 heteroatoms. The van der Waals surface area contributed by atoms with E-state index >= 15 is 0 Å². The number of amides is 1. The Balaban J connectivity index is 1.45. The number of aromatic amines is 1. The number of carbonyl (C=O) groups is 1. The Hall–Kier alpha value is -1.40. The molecule has 2 atom stereocenters. The monoisotopic (exact) mass is 348 g/mol. The van der Waals surface area contributed by atoms with E-state index in [1.807, 2.05) is 17.3 Å². The highest BCUT2D eigenvalue weighted by atomic mass is 16.3. The fraction of sp³-hybridized carbons (Fsp3) is 0.789. The number of aliphatic hydroxyl groups excluding tert-OH is 1. The first kappa shape index (κ1) is 18.4. The number of carbonyl (C=O) groups excluding carboxylic acids is 1. The van der Waals surface area contributed by atoms with E-state index in [0.717, 1.165) is 38.0 Å². The maximum atomic E-state index is 12.5. The molecule has 2 aliphatic rings. The molecule has 1 aromatic rings. The van der Waals surface area contributed by atoms with Gasteiger partial charge in [0.05, 0.1) is 6.20 Å². The van der Waals surface area contributed by atoms with Crippen LogP contribution in [0.25, 0.3) is 0 Å². The lowest BCUT2D eigenvalue weighted by Crippen LogP contribution is -2.35. The maximum absolute atomic E-state index is 12.5. The Morgan fingerprint density at radius 1 is 1.20 bits per heavy atom. The van der Waals surface area contributed by atoms with Gasteiger partial charge in [0.15, 0.2) is 0 Å². The van der Waals surface area contributed by atoms with Crippen molar-refractivity contribution in [1.82, 2.24) is 20.0 Å². The molecule has 1 aromatic heterocycles. The number of hydrogen-bond acceptors (Lipinski definition) is 4. The predicted octanol–water partition coefficient (Wildman–Crippen LogP) is 1.68. The van der Waals surface area contributed by atoms with Crippen LogP contribution in [0.4, 0.5) is 0 Å². The molecule has 2 fully saturated rings. The summed E-state index contributed by atoms with van der Waals surface area (Å²) < 4.78 is 0. The van der Waals surface area contributed by atoms with Crippen molar-refractivity contribution in [1.29, 1.82) is 0 Å². The van der Waals surface area contributed by atoms with Crippen molar-refractivity contribution < 1.29 is 9.90 Å². The number of H-pyrrole nitrogens is 1. The van der Waals surface area contributed by atoms with Crippen LogP contribution >= 0.6 is 0 Å². The third-order valence-electron chi connectivity index (χ3n) is 5.77. The molecule has 0 spiro atoms. The highest BCUT2D eigenvalue weighted by molar-refractivity contribution is 5.76. The molecule has 1 amide bonds. The van der Waals surface area contributed by atoms with Gasteiger partial charge in [-0.15, -0.1) is 0 Å². The molecule has 2 saturated heterocycles. The largest absolute Gasteiger partial charge is 0.396 e. The fourth-order valence-corrected chi connectivity index (χ4v) is 4.22. The highest BCUT2D eigenvalue weighted by Gasteiger charge is 2.35. The molecule has 6 nitrogen and oxygen atoms in total. The normalized spacial score (nSPS) is 25.2. The molecule has 2 aliphatic heterocycles. The van der Waals surface area contributed by atoms with Crippen molar-refractivity contribution in [2.45, 2.75) is 44.9 Å². The molecule has 0 aliphatic carbocycles. The second-order valence-electron chi connectivity index (χ2n) is 7.68. The minimum absolute atomic E-state index is 0.192. The minimum Gasteiger partial charge on any atom is -0.396 e. The molecule has 3 heterocycles. The molecule has 140 valence electrons. The van der Waals surface area contributed by atoms with E-state index in [4.69, 9.17) is 0 Å². The van der Waals surface area contributed by atoms with Gasteiger partial charge in [0.25, 0.3) is 0 Å². The van der Waals surface area contributed by atoms with Gasteiger partial charge in [0.2, 0.25) is 5.91 Å². The van der Waals surface area contributed by atoms with E-state index in [-0.39, 0.29) is 18.4 Å². The first-order valence-corrected chi connectivity index (χ1v) is 9.85. The zero-order valence-corrected chi connectivity index (χ0v) is 15.2. The first-order valence-electron chi connectivity index (χ1n) is 9.85. The molecular formula is C19H32N4O2. The SMILES string of the molecule is O=C(CCCc1cn[nH]c1)N1C[C@@H](CN2CCCCCC2)[C@@H](CO)C1. The number of nitrogens with zero attached hydrogens (tertiary/aromatic N) is 3. The van der Waals surface area contributed by atoms with Crippen LogP contribution in [0.3, 0.4) is 0 Å². The van der Waals surface area contributed by atoms with Gasteiger partial charge in [-0.2, -0.15) is 5.10 Å². The van der Waals surface area contributed by atoms with Gasteiger partial charge >= 0.3 is 0 Å². The molecule has 2 N–H and O–H groups in total. The standard InChI is InChI=1S/C19H32N4O2/c24-15-18-14-23(19(25)7-5-6-16-10-20-21-11-16)13-17(18)12-22-8-3-1-2-4-9-22/h10-11,17-18,24H,1-9,12-15H2,(H,20,21)/t17-,18-/m1/s1. The van der Waals surface area contributed by atoms with E-state index in [2.05, 4.69) is 15.1 Å². The van der Waals surface area contributed by atoms with Crippen LogP contribution in [0.2, 0.25) is 0 Å². The van der Waals surface area contributed by atoms with Gasteiger partial charge in [-0.3, -0.25) is 9.89 Å². The summed E-state index contributed by atoms with van der Waals surface area (Å²) >= 11 is 0. The van der Waals surface area contributed by atoms with Crippen molar-refractivity contribution in [2.24, 2.45) is 11.8 Å². The van der Waals surface area contributed by atoms with Crippen molar-refractivity contribution >= 4 is 5.91 Å². The quantitative estimate of drug-likeness (QED) is 0.786. The number of aliphatic hydroxyl groups is 1. The number of aryl methyl sites for hydroxylation is 1. The van der Waals surface area contributed by atoms with Crippen LogP contribution in [0.1, 0.15) is 44.1 Å². The number of likely N-dealkylation sites (tertiary alicyclic amines) is 2. The van der Waals surface area contributed by atoms with Crippen LogP contribution in [-0.4, -0.2) is 70.3 Å². The van der Waals surface area contributed by atoms with Crippen molar-refractivity contribution in [3.05, 3.63) is 18.0 Å². The molecule has 0 unspecified atom stereocenters. The molecule has 0 bridgehead atoms. The number of rotatable bonds is 7. The summed E-state index contributed by atoms with van der Waals surface area (Å²) in [5.41, 5.74) is 1.15. The second-order valence-corrected chi connectivity index (χ2v) is 7.68. The van der Waals surface area contributed by atoms with Crippen LogP contribution in [0.5, 0.6) is 0 Å². The molecule has 0 saturated carbocycles. The highest BCUT2D eigenvalue weighted by Crippen LogP contribution is 2.26. The van der Waals surface area contributed by atoms with E-state index in [9.17, 15) is 9.90 Å². The van der Waals surface area contributed by atoms with Gasteiger partial charge in [-0.05, 0) is 50.3 Å². The third kappa shape index (κ3) is 5.28. The first-order chi connectivity index (χ1) is 12.3. The van der Waals surface area contributed by atoms with Crippen molar-refractivity contribution in [2.75, 3.05) is 39.3 Å². The van der Waals surface area contributed by atoms with Crippen molar-refractivity contribution in [3.8, 4) is 0 Å². The third-order valence-corrected chi connectivity index (χ3v) is 5.77. The Bertz CT molecular complexity index is 512. The molecule has 0 radical (unpaired) electrons. The van der Waals surface area contributed by atoms with Crippen molar-refractivity contribution in [3.63, 3.8) is 0 Å². The molecule has 3 rings (SSSR count). The number of aromatic nitrogens is 2. The van der Waals surface area contributed by atoms with Crippen LogP contribution in [0.15, 0.2) is 12.4 Å². The summed E-state index contributed by atoms with van der Waals surface area (Å²) in [5, 5.41) is 16.5. The average molecular weight is 348 g/mol. The molecular weight excluding hydrogens is 316 g/mol. The predicted molar refractivity (Wildman–Crippen MR) is 97.1 cm³/mol. The average Bonchev–Trinajstić information content (AvgIpc) is 3.20. The van der Waals surface area contributed by atoms with Crippen LogP contribution in [0, 0.1) is 11.8 Å². The van der Waals surface area contributed by atoms with Crippen LogP contribution in [-0.2, 0) is 11.2 Å². The lowest BCUT2D eigenvalue weighted by Gasteiger charge is -2.26. The summed E-state index contributed by atoms with van der Waals surface area (Å²) in [7, 11) is 0. The lowest BCUT2D eigenvalue weighted by atomic mass is 9.96. The van der Waals surface area contributed by atoms with E-state index < -0.39 is 0 Å². The maximum Gasteiger partial charge on any atom is 0.222 e. The zero-order valence-electron chi connectivity index (χ0n) is 15.2. The number of nitrogens with one attached hydrogen (secondary N) is 1. The lowest BCUT2D eigenvalue weighted by molar-refractivity contribution is -0.130. The fourth-order valence-electron chi connectivity index (χ4n) is 4.22. The Morgan fingerprint density at radius 3 is 2.64 bits per heavy atom. The summed E-state index contributed by atoms with van der Waals surface area (Å²) in [6, 6.07) is 0. The van der Waals surface area contributed by atoms with E-state index in [0.29, 0.717) is 12.3 Å². The smallest absolute Gasteiger partial charge is 0.222 e. The minimum atomic E-state index is 0.192. The summed E-state index contributed by atoms with van der Waals surface area (Å²) in [5.74, 6) is 0.891. The Labute approximate surface area is 150 Å². The van der Waals surface area contributed by atoms with E-state index in [1.54, 1.807) is 0 Å². The number of hydrogen-bond donors (Lipinski definition) is 2. The summed E-state index contributed by atoms with van der Waals surface area (Å²) in [6.45, 7) is 5.10. The topological polar surface area (TPSA) is 72.5 Å². The van der Waals surface area contributed by atoms with Gasteiger partial charge in [-0.1, -0.05) is 12.8 Å². The van der Waals surface area contributed by atoms with Crippen LogP contribution < -0.4 is 0 Å². The van der Waals surface area contributed by atoms with E-state index in [1.165, 1.54) is 38.8 Å². The summed E-state index contributed by atoms with van der Waals surface area (Å²) in [6.07, 6.45) is 11.3. The van der Waals surface area contributed by atoms with Gasteiger partial charge in [0.1, 0.15) is 0 Å². The zero-order chi connectivity index (χ0) is 17.5. The second kappa shape index (κ2) is 9.34. The molecule has 25 heavy (non-hydrogen) atoms. The Kier molecular flexibility index (Phi) is 6.87. The summed E-state index contributed by atoms with van der Waals surface area (Å²) in [4.78, 5) is 17.1. The van der Waals surface area contributed by atoms with Gasteiger partial charge in [0, 0.05) is 44.8 Å². The van der Waals surface area contributed by atoms with Gasteiger partial charge in [-0.25, -0.2) is 0 Å². The van der Waals surface area contributed by atoms with Gasteiger partial charge < -0.3 is 14.9 Å².